The molecule has 1 N–H and O–H groups in total. The second-order valence-electron chi connectivity index (χ2n) is 4.34. The lowest BCUT2D eigenvalue weighted by Gasteiger charge is -2.18. The zero-order valence-electron chi connectivity index (χ0n) is 11.6. The smallest absolute Gasteiger partial charge is 0.211 e. The molecule has 0 bridgehead atoms. The maximum atomic E-state index is 13.0. The Morgan fingerprint density at radius 2 is 2.15 bits per heavy atom. The molecule has 0 amide bonds. The predicted octanol–water partition coefficient (Wildman–Crippen LogP) is 1.78. The van der Waals surface area contributed by atoms with Crippen molar-refractivity contribution in [3.8, 4) is 6.07 Å². The largest absolute Gasteiger partial charge is 0.384 e. The number of nitrogens with one attached hydrogen (secondary N) is 1. The monoisotopic (exact) mass is 299 g/mol. The molecule has 0 atom stereocenters. The molecule has 0 radical (unpaired) electrons. The van der Waals surface area contributed by atoms with Gasteiger partial charge >= 0.3 is 0 Å². The molecule has 1 aromatic rings. The van der Waals surface area contributed by atoms with E-state index in [1.807, 2.05) is 6.07 Å². The van der Waals surface area contributed by atoms with E-state index in [-0.39, 0.29) is 5.56 Å². The van der Waals surface area contributed by atoms with Crippen LogP contribution in [-0.4, -0.2) is 38.6 Å². The molecule has 1 rings (SSSR count). The number of anilines is 1. The molecule has 0 aliphatic rings. The van der Waals surface area contributed by atoms with Gasteiger partial charge in [0.1, 0.15) is 11.9 Å². The molecule has 0 aromatic heterocycles. The molecule has 1 aromatic carbocycles. The standard InChI is InChI=1S/C13H18FN3O2S/c1-3-17(20(2,18)19)8-4-7-16-13-6-5-12(14)9-11(13)10-15/h5-6,9,16H,3-4,7-8H2,1-2H3. The first kappa shape index (κ1) is 16.4. The van der Waals surface area contributed by atoms with Gasteiger partial charge in [-0.05, 0) is 24.6 Å². The van der Waals surface area contributed by atoms with Crippen molar-refractivity contribution >= 4 is 15.7 Å². The minimum atomic E-state index is -3.17. The van der Waals surface area contributed by atoms with Crippen molar-refractivity contribution in [1.29, 1.82) is 5.26 Å². The number of hydrogen-bond donors (Lipinski definition) is 1. The Bertz CT molecular complexity index is 596. The lowest BCUT2D eigenvalue weighted by Crippen LogP contribution is -2.31. The Morgan fingerprint density at radius 3 is 2.70 bits per heavy atom. The highest BCUT2D eigenvalue weighted by atomic mass is 32.2. The van der Waals surface area contributed by atoms with E-state index in [2.05, 4.69) is 5.32 Å². The van der Waals surface area contributed by atoms with E-state index in [9.17, 15) is 12.8 Å². The van der Waals surface area contributed by atoms with Crippen LogP contribution in [0.2, 0.25) is 0 Å². The molecular formula is C13H18FN3O2S. The van der Waals surface area contributed by atoms with Gasteiger partial charge in [0.15, 0.2) is 0 Å². The lowest BCUT2D eigenvalue weighted by atomic mass is 10.2. The van der Waals surface area contributed by atoms with Crippen molar-refractivity contribution in [2.75, 3.05) is 31.2 Å². The quantitative estimate of drug-likeness (QED) is 0.779. The van der Waals surface area contributed by atoms with Gasteiger partial charge in [-0.2, -0.15) is 5.26 Å². The van der Waals surface area contributed by atoms with Gasteiger partial charge in [0, 0.05) is 19.6 Å². The fourth-order valence-corrected chi connectivity index (χ4v) is 2.73. The van der Waals surface area contributed by atoms with E-state index in [0.717, 1.165) is 6.07 Å². The van der Waals surface area contributed by atoms with Crippen LogP contribution in [-0.2, 0) is 10.0 Å². The topological polar surface area (TPSA) is 73.2 Å². The van der Waals surface area contributed by atoms with Crippen LogP contribution in [0.15, 0.2) is 18.2 Å². The van der Waals surface area contributed by atoms with E-state index in [1.54, 1.807) is 6.92 Å². The van der Waals surface area contributed by atoms with Crippen molar-refractivity contribution in [1.82, 2.24) is 4.31 Å². The van der Waals surface area contributed by atoms with Crippen LogP contribution in [0, 0.1) is 17.1 Å². The molecule has 7 heteroatoms. The summed E-state index contributed by atoms with van der Waals surface area (Å²) in [5, 5.41) is 11.9. The van der Waals surface area contributed by atoms with Crippen molar-refractivity contribution in [3.05, 3.63) is 29.6 Å². The normalized spacial score (nSPS) is 11.3. The third-order valence-electron chi connectivity index (χ3n) is 2.82. The average molecular weight is 299 g/mol. The van der Waals surface area contributed by atoms with Crippen molar-refractivity contribution < 1.29 is 12.8 Å². The minimum absolute atomic E-state index is 0.237. The van der Waals surface area contributed by atoms with Gasteiger partial charge in [-0.3, -0.25) is 0 Å². The highest BCUT2D eigenvalue weighted by molar-refractivity contribution is 7.88. The summed E-state index contributed by atoms with van der Waals surface area (Å²) in [6, 6.07) is 5.85. The zero-order chi connectivity index (χ0) is 15.2. The van der Waals surface area contributed by atoms with Crippen molar-refractivity contribution in [3.63, 3.8) is 0 Å². The Balaban J connectivity index is 2.52. The maximum Gasteiger partial charge on any atom is 0.211 e. The Hall–Kier alpha value is -1.65. The van der Waals surface area contributed by atoms with E-state index >= 15 is 0 Å². The van der Waals surface area contributed by atoms with Gasteiger partial charge in [-0.15, -0.1) is 0 Å². The molecule has 0 heterocycles. The summed E-state index contributed by atoms with van der Waals surface area (Å²) in [7, 11) is -3.17. The van der Waals surface area contributed by atoms with Crippen LogP contribution in [0.25, 0.3) is 0 Å². The van der Waals surface area contributed by atoms with E-state index in [4.69, 9.17) is 5.26 Å². The van der Waals surface area contributed by atoms with Gasteiger partial charge in [0.05, 0.1) is 17.5 Å². The third-order valence-corrected chi connectivity index (χ3v) is 4.20. The van der Waals surface area contributed by atoms with E-state index < -0.39 is 15.8 Å². The Kier molecular flexibility index (Phi) is 5.92. The predicted molar refractivity (Wildman–Crippen MR) is 76.3 cm³/mol. The molecule has 0 unspecified atom stereocenters. The molecule has 5 nitrogen and oxygen atoms in total. The SMILES string of the molecule is CCN(CCCNc1ccc(F)cc1C#N)S(C)(=O)=O. The van der Waals surface area contributed by atoms with Crippen LogP contribution in [0.4, 0.5) is 10.1 Å². The van der Waals surface area contributed by atoms with Gasteiger partial charge in [-0.1, -0.05) is 6.92 Å². The minimum Gasteiger partial charge on any atom is -0.384 e. The first-order chi connectivity index (χ1) is 9.38. The van der Waals surface area contributed by atoms with Crippen LogP contribution >= 0.6 is 0 Å². The fraction of sp³-hybridized carbons (Fsp3) is 0.462. The number of benzene rings is 1. The molecule has 0 saturated heterocycles. The Morgan fingerprint density at radius 1 is 1.45 bits per heavy atom. The second-order valence-corrected chi connectivity index (χ2v) is 6.32. The first-order valence-electron chi connectivity index (χ1n) is 6.27. The average Bonchev–Trinajstić information content (AvgIpc) is 2.38. The molecule has 110 valence electrons. The van der Waals surface area contributed by atoms with Gasteiger partial charge < -0.3 is 5.32 Å². The highest BCUT2D eigenvalue weighted by Gasteiger charge is 2.13. The summed E-state index contributed by atoms with van der Waals surface area (Å²) in [6.45, 7) is 3.12. The summed E-state index contributed by atoms with van der Waals surface area (Å²) >= 11 is 0. The molecule has 0 aliphatic heterocycles. The molecule has 0 spiro atoms. The number of hydrogen-bond acceptors (Lipinski definition) is 4. The number of nitriles is 1. The van der Waals surface area contributed by atoms with E-state index in [1.165, 1.54) is 22.7 Å². The molecular weight excluding hydrogens is 281 g/mol. The van der Waals surface area contributed by atoms with Crippen molar-refractivity contribution in [2.24, 2.45) is 0 Å². The highest BCUT2D eigenvalue weighted by Crippen LogP contribution is 2.15. The molecule has 0 saturated carbocycles. The van der Waals surface area contributed by atoms with Crippen LogP contribution in [0.1, 0.15) is 18.9 Å². The summed E-state index contributed by atoms with van der Waals surface area (Å²) in [5.74, 6) is -0.457. The molecule has 0 aliphatic carbocycles. The van der Waals surface area contributed by atoms with Crippen LogP contribution in [0.3, 0.4) is 0 Å². The zero-order valence-corrected chi connectivity index (χ0v) is 12.4. The molecule has 20 heavy (non-hydrogen) atoms. The maximum absolute atomic E-state index is 13.0. The van der Waals surface area contributed by atoms with Gasteiger partial charge in [0.2, 0.25) is 10.0 Å². The van der Waals surface area contributed by atoms with E-state index in [0.29, 0.717) is 31.7 Å². The number of nitrogens with zero attached hydrogens (tertiary/aromatic N) is 2. The second kappa shape index (κ2) is 7.22. The fourth-order valence-electron chi connectivity index (χ4n) is 1.80. The Labute approximate surface area is 119 Å². The van der Waals surface area contributed by atoms with Gasteiger partial charge in [0.25, 0.3) is 0 Å². The summed E-state index contributed by atoms with van der Waals surface area (Å²) in [5.41, 5.74) is 0.789. The third kappa shape index (κ3) is 4.79. The number of rotatable bonds is 7. The first-order valence-corrected chi connectivity index (χ1v) is 8.12. The van der Waals surface area contributed by atoms with Gasteiger partial charge in [-0.25, -0.2) is 17.1 Å². The summed E-state index contributed by atoms with van der Waals surface area (Å²) in [4.78, 5) is 0. The molecule has 0 fully saturated rings. The number of halogens is 1. The summed E-state index contributed by atoms with van der Waals surface area (Å²) < 4.78 is 37.1. The van der Waals surface area contributed by atoms with Crippen LogP contribution in [0.5, 0.6) is 0 Å². The number of sulfonamides is 1. The van der Waals surface area contributed by atoms with Crippen molar-refractivity contribution in [2.45, 2.75) is 13.3 Å². The lowest BCUT2D eigenvalue weighted by molar-refractivity contribution is 0.429. The van der Waals surface area contributed by atoms with Crippen LogP contribution < -0.4 is 5.32 Å². The summed E-state index contributed by atoms with van der Waals surface area (Å²) in [6.07, 6.45) is 1.78.